The Kier molecular flexibility index (Phi) is 3.11. The van der Waals surface area contributed by atoms with Crippen LogP contribution in [-0.2, 0) is 4.74 Å². The van der Waals surface area contributed by atoms with E-state index >= 15 is 0 Å². The van der Waals surface area contributed by atoms with Crippen LogP contribution in [0.5, 0.6) is 0 Å². The Hall–Kier alpha value is -1.49. The van der Waals surface area contributed by atoms with Gasteiger partial charge in [-0.1, -0.05) is 0 Å². The molecule has 2 rings (SSSR count). The monoisotopic (exact) mass is 255 g/mol. The number of hydrogen-bond acceptors (Lipinski definition) is 2. The average molecular weight is 255 g/mol. The van der Waals surface area contributed by atoms with Gasteiger partial charge in [0.2, 0.25) is 0 Å². The topological polar surface area (TPSA) is 29.5 Å². The van der Waals surface area contributed by atoms with Crippen molar-refractivity contribution in [3.8, 4) is 0 Å². The Balaban J connectivity index is 2.33. The molecule has 1 aliphatic heterocycles. The lowest BCUT2D eigenvalue weighted by molar-refractivity contribution is 0.0307. The molecule has 1 amide bonds. The highest BCUT2D eigenvalue weighted by Gasteiger charge is 2.41. The predicted octanol–water partition coefficient (Wildman–Crippen LogP) is 2.56. The van der Waals surface area contributed by atoms with Gasteiger partial charge >= 0.3 is 0 Å². The minimum Gasteiger partial charge on any atom is -0.356 e. The molecule has 1 heterocycles. The average Bonchev–Trinajstić information content (AvgIpc) is 2.56. The number of carbonyl (C=O) groups excluding carboxylic acids is 1. The highest BCUT2D eigenvalue weighted by Crippen LogP contribution is 2.28. The van der Waals surface area contributed by atoms with Crippen LogP contribution < -0.4 is 0 Å². The molecule has 0 radical (unpaired) electrons. The molecular weight excluding hydrogens is 240 g/mol. The van der Waals surface area contributed by atoms with Crippen molar-refractivity contribution in [2.45, 2.75) is 32.5 Å². The highest BCUT2D eigenvalue weighted by atomic mass is 19.2. The molecule has 98 valence electrons. The zero-order valence-electron chi connectivity index (χ0n) is 10.5. The number of nitrogens with zero attached hydrogens (tertiary/aromatic N) is 1. The van der Waals surface area contributed by atoms with Crippen molar-refractivity contribution >= 4 is 5.91 Å². The van der Waals surface area contributed by atoms with Gasteiger partial charge in [-0.2, -0.15) is 0 Å². The molecule has 0 bridgehead atoms. The number of benzene rings is 1. The van der Waals surface area contributed by atoms with Crippen LogP contribution in [0, 0.1) is 11.6 Å². The van der Waals surface area contributed by atoms with Gasteiger partial charge in [-0.3, -0.25) is 4.79 Å². The van der Waals surface area contributed by atoms with Crippen molar-refractivity contribution in [3.05, 3.63) is 35.4 Å². The first-order valence-corrected chi connectivity index (χ1v) is 5.73. The van der Waals surface area contributed by atoms with E-state index in [0.717, 1.165) is 12.1 Å². The molecule has 0 aliphatic carbocycles. The number of ether oxygens (including phenoxy) is 1. The van der Waals surface area contributed by atoms with Crippen LogP contribution in [0.25, 0.3) is 0 Å². The summed E-state index contributed by atoms with van der Waals surface area (Å²) in [5.74, 6) is -2.34. The third kappa shape index (κ3) is 2.10. The molecule has 1 atom stereocenters. The molecule has 18 heavy (non-hydrogen) atoms. The summed E-state index contributed by atoms with van der Waals surface area (Å²) in [7, 11) is 0. The molecule has 5 heteroatoms. The van der Waals surface area contributed by atoms with Crippen molar-refractivity contribution in [1.29, 1.82) is 0 Å². The molecule has 1 aromatic carbocycles. The van der Waals surface area contributed by atoms with Gasteiger partial charge in [0.1, 0.15) is 6.23 Å². The maximum atomic E-state index is 13.1. The van der Waals surface area contributed by atoms with E-state index in [9.17, 15) is 13.6 Å². The number of amides is 1. The molecule has 1 saturated heterocycles. The summed E-state index contributed by atoms with van der Waals surface area (Å²) in [6.07, 6.45) is -0.374. The van der Waals surface area contributed by atoms with E-state index in [1.54, 1.807) is 11.8 Å². The first-order chi connectivity index (χ1) is 8.33. The fraction of sp³-hybridized carbons (Fsp3) is 0.462. The van der Waals surface area contributed by atoms with E-state index in [-0.39, 0.29) is 17.7 Å². The van der Waals surface area contributed by atoms with Gasteiger partial charge in [-0.05, 0) is 39.0 Å². The predicted molar refractivity (Wildman–Crippen MR) is 62.0 cm³/mol. The van der Waals surface area contributed by atoms with Crippen molar-refractivity contribution in [3.63, 3.8) is 0 Å². The standard InChI is InChI=1S/C13H15F2NO2/c1-8-16(13(2,3)7-18-8)12(17)9-4-5-10(14)11(15)6-9/h4-6,8H,7H2,1-3H3. The van der Waals surface area contributed by atoms with Crippen molar-refractivity contribution < 1.29 is 18.3 Å². The third-order valence-electron chi connectivity index (χ3n) is 3.08. The summed E-state index contributed by atoms with van der Waals surface area (Å²) >= 11 is 0. The SMILES string of the molecule is CC1OCC(C)(C)N1C(=O)c1ccc(F)c(F)c1. The van der Waals surface area contributed by atoms with Gasteiger partial charge in [-0.15, -0.1) is 0 Å². The molecule has 0 saturated carbocycles. The van der Waals surface area contributed by atoms with Crippen LogP contribution in [0.2, 0.25) is 0 Å². The van der Waals surface area contributed by atoms with Gasteiger partial charge in [0.15, 0.2) is 11.6 Å². The first-order valence-electron chi connectivity index (χ1n) is 5.73. The van der Waals surface area contributed by atoms with Gasteiger partial charge in [-0.25, -0.2) is 8.78 Å². The molecule has 1 aliphatic rings. The largest absolute Gasteiger partial charge is 0.356 e. The summed E-state index contributed by atoms with van der Waals surface area (Å²) in [5, 5.41) is 0. The Morgan fingerprint density at radius 3 is 2.56 bits per heavy atom. The summed E-state index contributed by atoms with van der Waals surface area (Å²) in [5.41, 5.74) is -0.333. The van der Waals surface area contributed by atoms with E-state index in [4.69, 9.17) is 4.74 Å². The zero-order chi connectivity index (χ0) is 13.5. The van der Waals surface area contributed by atoms with E-state index < -0.39 is 17.2 Å². The Morgan fingerprint density at radius 2 is 2.06 bits per heavy atom. The van der Waals surface area contributed by atoms with Crippen molar-refractivity contribution in [1.82, 2.24) is 4.90 Å². The van der Waals surface area contributed by atoms with Gasteiger partial charge in [0.25, 0.3) is 5.91 Å². The first kappa shape index (κ1) is 13.0. The van der Waals surface area contributed by atoms with E-state index in [1.165, 1.54) is 6.07 Å². The smallest absolute Gasteiger partial charge is 0.256 e. The second kappa shape index (κ2) is 4.31. The van der Waals surface area contributed by atoms with Crippen LogP contribution >= 0.6 is 0 Å². The maximum Gasteiger partial charge on any atom is 0.256 e. The van der Waals surface area contributed by atoms with E-state index in [2.05, 4.69) is 0 Å². The second-order valence-corrected chi connectivity index (χ2v) is 5.03. The quantitative estimate of drug-likeness (QED) is 0.771. The summed E-state index contributed by atoms with van der Waals surface area (Å²) < 4.78 is 31.4. The molecule has 3 nitrogen and oxygen atoms in total. The van der Waals surface area contributed by atoms with Crippen molar-refractivity contribution in [2.24, 2.45) is 0 Å². The highest BCUT2D eigenvalue weighted by molar-refractivity contribution is 5.95. The number of rotatable bonds is 1. The molecule has 1 unspecified atom stereocenters. The third-order valence-corrected chi connectivity index (χ3v) is 3.08. The zero-order valence-corrected chi connectivity index (χ0v) is 10.5. The Bertz CT molecular complexity index is 488. The Labute approximate surface area is 104 Å². The second-order valence-electron chi connectivity index (χ2n) is 5.03. The molecule has 0 spiro atoms. The van der Waals surface area contributed by atoms with Crippen LogP contribution in [0.15, 0.2) is 18.2 Å². The molecule has 0 N–H and O–H groups in total. The van der Waals surface area contributed by atoms with Crippen LogP contribution in [0.4, 0.5) is 8.78 Å². The lowest BCUT2D eigenvalue weighted by Crippen LogP contribution is -2.47. The summed E-state index contributed by atoms with van der Waals surface area (Å²) in [6.45, 7) is 5.92. The van der Waals surface area contributed by atoms with Gasteiger partial charge < -0.3 is 9.64 Å². The molecular formula is C13H15F2NO2. The lowest BCUT2D eigenvalue weighted by atomic mass is 10.0. The maximum absolute atomic E-state index is 13.1. The normalized spacial score (nSPS) is 22.3. The van der Waals surface area contributed by atoms with Crippen LogP contribution in [-0.4, -0.2) is 29.2 Å². The lowest BCUT2D eigenvalue weighted by Gasteiger charge is -2.32. The molecule has 1 aromatic rings. The molecule has 0 aromatic heterocycles. The molecule has 1 fully saturated rings. The van der Waals surface area contributed by atoms with E-state index in [0.29, 0.717) is 6.61 Å². The van der Waals surface area contributed by atoms with Gasteiger partial charge in [0, 0.05) is 5.56 Å². The van der Waals surface area contributed by atoms with Crippen LogP contribution in [0.3, 0.4) is 0 Å². The Morgan fingerprint density at radius 1 is 1.39 bits per heavy atom. The minimum atomic E-state index is -1.02. The van der Waals surface area contributed by atoms with Crippen LogP contribution in [0.1, 0.15) is 31.1 Å². The number of hydrogen-bond donors (Lipinski definition) is 0. The van der Waals surface area contributed by atoms with Gasteiger partial charge in [0.05, 0.1) is 12.1 Å². The number of halogens is 2. The fourth-order valence-corrected chi connectivity index (χ4v) is 2.17. The fourth-order valence-electron chi connectivity index (χ4n) is 2.17. The summed E-state index contributed by atoms with van der Waals surface area (Å²) in [4.78, 5) is 13.8. The van der Waals surface area contributed by atoms with E-state index in [1.807, 2.05) is 13.8 Å². The summed E-state index contributed by atoms with van der Waals surface area (Å²) in [6, 6.07) is 3.15. The number of carbonyl (C=O) groups is 1. The minimum absolute atomic E-state index is 0.124. The van der Waals surface area contributed by atoms with Crippen molar-refractivity contribution in [2.75, 3.05) is 6.61 Å².